The topological polar surface area (TPSA) is 67.4 Å². The molecule has 1 unspecified atom stereocenters. The van der Waals surface area contributed by atoms with Gasteiger partial charge in [0.1, 0.15) is 0 Å². The Balaban J connectivity index is 1.84. The minimum Gasteiger partial charge on any atom is -0.376 e. The molecule has 1 aliphatic rings. The summed E-state index contributed by atoms with van der Waals surface area (Å²) in [6, 6.07) is 9.35. The number of thioether (sulfide) groups is 1. The van der Waals surface area contributed by atoms with Crippen LogP contribution in [0.25, 0.3) is 0 Å². The molecule has 1 heterocycles. The van der Waals surface area contributed by atoms with E-state index >= 15 is 0 Å². The summed E-state index contributed by atoms with van der Waals surface area (Å²) in [5.41, 5.74) is 0.623. The fourth-order valence-corrected chi connectivity index (χ4v) is 3.84. The normalized spacial score (nSPS) is 18.0. The number of ether oxygens (including phenoxy) is 1. The summed E-state index contributed by atoms with van der Waals surface area (Å²) >= 11 is 1.89. The number of hydrogen-bond donors (Lipinski definition) is 2. The van der Waals surface area contributed by atoms with Gasteiger partial charge in [-0.2, -0.15) is 11.8 Å². The largest absolute Gasteiger partial charge is 0.376 e. The SMILES string of the molecule is COC1(CNC(=O)C(=O)NC(C)c2ccccc2)CCSCC1. The van der Waals surface area contributed by atoms with Crippen LogP contribution in [0.1, 0.15) is 31.4 Å². The Hall–Kier alpha value is -1.53. The van der Waals surface area contributed by atoms with Crippen LogP contribution in [0, 0.1) is 0 Å². The summed E-state index contributed by atoms with van der Waals surface area (Å²) in [6.07, 6.45) is 1.77. The number of hydrogen-bond acceptors (Lipinski definition) is 4. The van der Waals surface area contributed by atoms with E-state index in [0.717, 1.165) is 29.9 Å². The number of amides is 2. The lowest BCUT2D eigenvalue weighted by molar-refractivity contribution is -0.140. The molecule has 2 N–H and O–H groups in total. The molecule has 2 amide bonds. The molecule has 1 aromatic rings. The average molecular weight is 336 g/mol. The van der Waals surface area contributed by atoms with Crippen molar-refractivity contribution >= 4 is 23.6 Å². The van der Waals surface area contributed by atoms with Crippen molar-refractivity contribution in [2.24, 2.45) is 0 Å². The van der Waals surface area contributed by atoms with Crippen LogP contribution in [-0.2, 0) is 14.3 Å². The van der Waals surface area contributed by atoms with Crippen molar-refractivity contribution in [1.29, 1.82) is 0 Å². The molecule has 2 rings (SSSR count). The number of nitrogens with one attached hydrogen (secondary N) is 2. The van der Waals surface area contributed by atoms with Gasteiger partial charge in [0.15, 0.2) is 0 Å². The van der Waals surface area contributed by atoms with Crippen molar-refractivity contribution < 1.29 is 14.3 Å². The quantitative estimate of drug-likeness (QED) is 0.806. The molecule has 0 saturated carbocycles. The minimum absolute atomic E-state index is 0.211. The van der Waals surface area contributed by atoms with Crippen molar-refractivity contribution in [3.05, 3.63) is 35.9 Å². The third kappa shape index (κ3) is 4.97. The highest BCUT2D eigenvalue weighted by Gasteiger charge is 2.33. The summed E-state index contributed by atoms with van der Waals surface area (Å²) in [6.45, 7) is 2.23. The Labute approximate surface area is 141 Å². The molecule has 0 radical (unpaired) electrons. The third-order valence-corrected chi connectivity index (χ3v) is 5.25. The zero-order chi connectivity index (χ0) is 16.7. The molecule has 23 heavy (non-hydrogen) atoms. The molecule has 1 atom stereocenters. The highest BCUT2D eigenvalue weighted by atomic mass is 32.2. The van der Waals surface area contributed by atoms with Gasteiger partial charge in [-0.15, -0.1) is 0 Å². The van der Waals surface area contributed by atoms with Gasteiger partial charge < -0.3 is 15.4 Å². The number of benzene rings is 1. The molecule has 0 aromatic heterocycles. The molecular weight excluding hydrogens is 312 g/mol. The van der Waals surface area contributed by atoms with E-state index in [1.807, 2.05) is 49.0 Å². The standard InChI is InChI=1S/C17H24N2O3S/c1-13(14-6-4-3-5-7-14)19-16(21)15(20)18-12-17(22-2)8-10-23-11-9-17/h3-7,13H,8-12H2,1-2H3,(H,18,20)(H,19,21). The van der Waals surface area contributed by atoms with Crippen molar-refractivity contribution in [1.82, 2.24) is 10.6 Å². The molecule has 0 bridgehead atoms. The van der Waals surface area contributed by atoms with Gasteiger partial charge in [-0.05, 0) is 36.8 Å². The van der Waals surface area contributed by atoms with Crippen LogP contribution in [-0.4, -0.2) is 42.6 Å². The second-order valence-electron chi connectivity index (χ2n) is 5.79. The number of methoxy groups -OCH3 is 1. The van der Waals surface area contributed by atoms with Gasteiger partial charge in [0.05, 0.1) is 11.6 Å². The van der Waals surface area contributed by atoms with Gasteiger partial charge in [-0.3, -0.25) is 9.59 Å². The Bertz CT molecular complexity index is 530. The van der Waals surface area contributed by atoms with Gasteiger partial charge in [0.2, 0.25) is 0 Å². The third-order valence-electron chi connectivity index (χ3n) is 4.26. The van der Waals surface area contributed by atoms with E-state index in [2.05, 4.69) is 10.6 Å². The van der Waals surface area contributed by atoms with Crippen LogP contribution in [0.5, 0.6) is 0 Å². The molecule has 0 spiro atoms. The highest BCUT2D eigenvalue weighted by Crippen LogP contribution is 2.29. The molecule has 0 aliphatic carbocycles. The van der Waals surface area contributed by atoms with Crippen molar-refractivity contribution in [2.45, 2.75) is 31.4 Å². The van der Waals surface area contributed by atoms with Crippen molar-refractivity contribution in [3.63, 3.8) is 0 Å². The summed E-state index contributed by atoms with van der Waals surface area (Å²) < 4.78 is 5.60. The van der Waals surface area contributed by atoms with Crippen LogP contribution in [0.2, 0.25) is 0 Å². The van der Waals surface area contributed by atoms with Crippen LogP contribution in [0.4, 0.5) is 0 Å². The molecular formula is C17H24N2O3S. The lowest BCUT2D eigenvalue weighted by Crippen LogP contribution is -2.50. The van der Waals surface area contributed by atoms with Gasteiger partial charge in [0.25, 0.3) is 0 Å². The fourth-order valence-electron chi connectivity index (χ4n) is 2.61. The number of carbonyl (C=O) groups excluding carboxylic acids is 2. The lowest BCUT2D eigenvalue weighted by Gasteiger charge is -2.35. The molecule has 5 nitrogen and oxygen atoms in total. The maximum atomic E-state index is 12.0. The maximum absolute atomic E-state index is 12.0. The molecule has 1 fully saturated rings. The first-order valence-corrected chi connectivity index (χ1v) is 8.98. The first-order valence-electron chi connectivity index (χ1n) is 7.83. The van der Waals surface area contributed by atoms with Crippen LogP contribution >= 0.6 is 11.8 Å². The van der Waals surface area contributed by atoms with Crippen molar-refractivity contribution in [3.8, 4) is 0 Å². The summed E-state index contributed by atoms with van der Waals surface area (Å²) in [4.78, 5) is 24.1. The number of rotatable bonds is 5. The van der Waals surface area contributed by atoms with Gasteiger partial charge >= 0.3 is 11.8 Å². The van der Waals surface area contributed by atoms with E-state index in [9.17, 15) is 9.59 Å². The second kappa shape index (κ2) is 8.36. The second-order valence-corrected chi connectivity index (χ2v) is 7.01. The van der Waals surface area contributed by atoms with Gasteiger partial charge in [0, 0.05) is 13.7 Å². The highest BCUT2D eigenvalue weighted by molar-refractivity contribution is 7.99. The Morgan fingerprint density at radius 2 is 1.87 bits per heavy atom. The maximum Gasteiger partial charge on any atom is 0.309 e. The van der Waals surface area contributed by atoms with Crippen LogP contribution < -0.4 is 10.6 Å². The summed E-state index contributed by atoms with van der Waals surface area (Å²) in [7, 11) is 1.67. The van der Waals surface area contributed by atoms with E-state index in [4.69, 9.17) is 4.74 Å². The first-order chi connectivity index (χ1) is 11.1. The van der Waals surface area contributed by atoms with E-state index in [0.29, 0.717) is 6.54 Å². The summed E-state index contributed by atoms with van der Waals surface area (Å²) in [5.74, 6) is 0.808. The molecule has 126 valence electrons. The minimum atomic E-state index is -0.613. The average Bonchev–Trinajstić information content (AvgIpc) is 2.61. The summed E-state index contributed by atoms with van der Waals surface area (Å²) in [5, 5.41) is 5.43. The Kier molecular flexibility index (Phi) is 6.47. The lowest BCUT2D eigenvalue weighted by atomic mass is 9.96. The number of carbonyl (C=O) groups is 2. The zero-order valence-electron chi connectivity index (χ0n) is 13.6. The molecule has 1 aliphatic heterocycles. The van der Waals surface area contributed by atoms with Gasteiger partial charge in [-0.25, -0.2) is 0 Å². The Morgan fingerprint density at radius 1 is 1.22 bits per heavy atom. The fraction of sp³-hybridized carbons (Fsp3) is 0.529. The van der Waals surface area contributed by atoms with E-state index in [1.165, 1.54) is 0 Å². The smallest absolute Gasteiger partial charge is 0.309 e. The van der Waals surface area contributed by atoms with E-state index in [-0.39, 0.29) is 11.6 Å². The van der Waals surface area contributed by atoms with E-state index < -0.39 is 11.8 Å². The monoisotopic (exact) mass is 336 g/mol. The van der Waals surface area contributed by atoms with E-state index in [1.54, 1.807) is 7.11 Å². The predicted octanol–water partition coefficient (Wildman–Crippen LogP) is 1.89. The molecule has 1 aromatic carbocycles. The predicted molar refractivity (Wildman–Crippen MR) is 92.3 cm³/mol. The van der Waals surface area contributed by atoms with Crippen LogP contribution in [0.15, 0.2) is 30.3 Å². The molecule has 1 saturated heterocycles. The van der Waals surface area contributed by atoms with Crippen LogP contribution in [0.3, 0.4) is 0 Å². The van der Waals surface area contributed by atoms with Gasteiger partial charge in [-0.1, -0.05) is 30.3 Å². The van der Waals surface area contributed by atoms with Crippen molar-refractivity contribution in [2.75, 3.05) is 25.2 Å². The zero-order valence-corrected chi connectivity index (χ0v) is 14.4. The molecule has 6 heteroatoms. The Morgan fingerprint density at radius 3 is 2.48 bits per heavy atom. The first kappa shape index (κ1) is 17.8.